The quantitative estimate of drug-likeness (QED) is 0.495. The Morgan fingerprint density at radius 3 is 2.59 bits per heavy atom. The number of nitrogens with zero attached hydrogens (tertiary/aromatic N) is 4. The number of allylic oxidation sites excluding steroid dienone is 2. The minimum absolute atomic E-state index is 0.0223. The van der Waals surface area contributed by atoms with Gasteiger partial charge >= 0.3 is 0 Å². The van der Waals surface area contributed by atoms with E-state index in [9.17, 15) is 16.8 Å². The first kappa shape index (κ1) is 20.8. The Bertz CT molecular complexity index is 1130. The van der Waals surface area contributed by atoms with Crippen molar-refractivity contribution in [3.63, 3.8) is 0 Å². The van der Waals surface area contributed by atoms with Crippen LogP contribution >= 0.6 is 0 Å². The standard InChI is InChI=1S/C16H20N4O5S2/c1-5-7-15(17-12(2)27(4,23)24)20-13-8-6-9-14(16(13)18-19-20)25-10-11-26(3,21)22/h5-9H,2,10-11H2,1,3-4H3/b7-5-,17-15?. The van der Waals surface area contributed by atoms with Crippen LogP contribution in [0.3, 0.4) is 0 Å². The van der Waals surface area contributed by atoms with Gasteiger partial charge in [-0.25, -0.2) is 21.8 Å². The zero-order chi connectivity index (χ0) is 20.2. The van der Waals surface area contributed by atoms with Gasteiger partial charge in [-0.1, -0.05) is 23.9 Å². The molecule has 11 heteroatoms. The summed E-state index contributed by atoms with van der Waals surface area (Å²) in [6.07, 6.45) is 5.39. The minimum Gasteiger partial charge on any atom is -0.490 e. The molecule has 146 valence electrons. The van der Waals surface area contributed by atoms with Gasteiger partial charge in [-0.3, -0.25) is 0 Å². The number of hydrogen-bond donors (Lipinski definition) is 0. The van der Waals surface area contributed by atoms with Crippen molar-refractivity contribution in [3.05, 3.63) is 42.0 Å². The van der Waals surface area contributed by atoms with E-state index in [2.05, 4.69) is 21.9 Å². The Morgan fingerprint density at radius 1 is 1.30 bits per heavy atom. The third-order valence-corrected chi connectivity index (χ3v) is 5.21. The summed E-state index contributed by atoms with van der Waals surface area (Å²) < 4.78 is 52.6. The summed E-state index contributed by atoms with van der Waals surface area (Å²) in [6.45, 7) is 5.19. The third-order valence-electron chi connectivity index (χ3n) is 3.35. The van der Waals surface area contributed by atoms with E-state index in [0.717, 1.165) is 12.5 Å². The molecule has 0 N–H and O–H groups in total. The number of hydrogen-bond acceptors (Lipinski definition) is 8. The largest absolute Gasteiger partial charge is 0.490 e. The van der Waals surface area contributed by atoms with Gasteiger partial charge in [0.15, 0.2) is 31.0 Å². The molecule has 0 fully saturated rings. The maximum atomic E-state index is 11.6. The van der Waals surface area contributed by atoms with Gasteiger partial charge in [-0.05, 0) is 25.1 Å². The van der Waals surface area contributed by atoms with Crippen molar-refractivity contribution >= 4 is 36.5 Å². The summed E-state index contributed by atoms with van der Waals surface area (Å²) in [5, 5.41) is 7.76. The number of ether oxygens (including phenoxy) is 1. The fourth-order valence-electron chi connectivity index (χ4n) is 2.02. The fraction of sp³-hybridized carbons (Fsp3) is 0.312. The first-order valence-corrected chi connectivity index (χ1v) is 11.7. The van der Waals surface area contributed by atoms with Crippen LogP contribution in [0, 0.1) is 0 Å². The number of aromatic nitrogens is 3. The highest BCUT2D eigenvalue weighted by atomic mass is 32.2. The van der Waals surface area contributed by atoms with E-state index in [1.807, 2.05) is 0 Å². The third kappa shape index (κ3) is 5.47. The predicted molar refractivity (Wildman–Crippen MR) is 104 cm³/mol. The van der Waals surface area contributed by atoms with Crippen molar-refractivity contribution in [2.24, 2.45) is 4.99 Å². The molecule has 0 aliphatic heterocycles. The Kier molecular flexibility index (Phi) is 6.16. The molecule has 0 aliphatic carbocycles. The van der Waals surface area contributed by atoms with Crippen molar-refractivity contribution in [2.75, 3.05) is 24.9 Å². The lowest BCUT2D eigenvalue weighted by Crippen LogP contribution is -2.13. The van der Waals surface area contributed by atoms with Crippen molar-refractivity contribution in [2.45, 2.75) is 6.92 Å². The molecule has 9 nitrogen and oxygen atoms in total. The van der Waals surface area contributed by atoms with E-state index < -0.39 is 19.7 Å². The molecule has 0 spiro atoms. The molecule has 0 atom stereocenters. The van der Waals surface area contributed by atoms with Gasteiger partial charge in [-0.2, -0.15) is 4.68 Å². The molecule has 0 amide bonds. The van der Waals surface area contributed by atoms with Gasteiger partial charge in [0.2, 0.25) is 0 Å². The molecule has 27 heavy (non-hydrogen) atoms. The molecule has 1 aromatic heterocycles. The number of sulfone groups is 2. The highest BCUT2D eigenvalue weighted by Gasteiger charge is 2.15. The molecule has 0 saturated heterocycles. The van der Waals surface area contributed by atoms with E-state index >= 15 is 0 Å². The first-order valence-electron chi connectivity index (χ1n) is 7.78. The maximum Gasteiger partial charge on any atom is 0.192 e. The molecule has 0 saturated carbocycles. The smallest absolute Gasteiger partial charge is 0.192 e. The van der Waals surface area contributed by atoms with E-state index in [0.29, 0.717) is 16.8 Å². The number of benzene rings is 1. The molecule has 0 bridgehead atoms. The van der Waals surface area contributed by atoms with Gasteiger partial charge in [0, 0.05) is 12.5 Å². The van der Waals surface area contributed by atoms with Gasteiger partial charge in [0.1, 0.15) is 22.9 Å². The first-order chi connectivity index (χ1) is 12.5. The summed E-state index contributed by atoms with van der Waals surface area (Å²) in [4.78, 5) is 4.04. The van der Waals surface area contributed by atoms with Crippen LogP contribution in [0.25, 0.3) is 11.0 Å². The second-order valence-electron chi connectivity index (χ2n) is 5.74. The van der Waals surface area contributed by atoms with Crippen molar-refractivity contribution < 1.29 is 21.6 Å². The minimum atomic E-state index is -3.55. The zero-order valence-electron chi connectivity index (χ0n) is 15.2. The molecule has 2 rings (SSSR count). The number of rotatable bonds is 7. The second kappa shape index (κ2) is 8.01. The molecular formula is C16H20N4O5S2. The Morgan fingerprint density at radius 2 is 2.00 bits per heavy atom. The van der Waals surface area contributed by atoms with Crippen LogP contribution in [-0.4, -0.2) is 62.5 Å². The summed E-state index contributed by atoms with van der Waals surface area (Å²) in [7, 11) is -6.71. The maximum absolute atomic E-state index is 11.6. The van der Waals surface area contributed by atoms with Crippen LogP contribution in [0.5, 0.6) is 5.75 Å². The van der Waals surface area contributed by atoms with Gasteiger partial charge < -0.3 is 4.74 Å². The topological polar surface area (TPSA) is 121 Å². The number of fused-ring (bicyclic) bond motifs is 1. The van der Waals surface area contributed by atoms with Crippen molar-refractivity contribution in [1.29, 1.82) is 0 Å². The molecule has 1 aromatic carbocycles. The molecule has 0 unspecified atom stereocenters. The predicted octanol–water partition coefficient (Wildman–Crippen LogP) is 1.19. The summed E-state index contributed by atoms with van der Waals surface area (Å²) in [5.74, 6) is 0.449. The lowest BCUT2D eigenvalue weighted by atomic mass is 10.3. The van der Waals surface area contributed by atoms with Gasteiger partial charge in [0.05, 0.1) is 5.75 Å². The van der Waals surface area contributed by atoms with Crippen molar-refractivity contribution in [3.8, 4) is 5.75 Å². The van der Waals surface area contributed by atoms with E-state index in [4.69, 9.17) is 4.74 Å². The van der Waals surface area contributed by atoms with Crippen LogP contribution in [0.4, 0.5) is 0 Å². The highest BCUT2D eigenvalue weighted by Crippen LogP contribution is 2.23. The van der Waals surface area contributed by atoms with Crippen LogP contribution in [0.15, 0.2) is 47.0 Å². The molecule has 1 heterocycles. The second-order valence-corrected chi connectivity index (χ2v) is 10.0. The summed E-state index contributed by atoms with van der Waals surface area (Å²) >= 11 is 0. The van der Waals surface area contributed by atoms with Gasteiger partial charge in [-0.15, -0.1) is 5.10 Å². The lowest BCUT2D eigenvalue weighted by molar-refractivity contribution is 0.344. The van der Waals surface area contributed by atoms with Crippen LogP contribution in [0.2, 0.25) is 0 Å². The van der Waals surface area contributed by atoms with Crippen LogP contribution < -0.4 is 4.74 Å². The van der Waals surface area contributed by atoms with Gasteiger partial charge in [0.25, 0.3) is 0 Å². The van der Waals surface area contributed by atoms with Crippen molar-refractivity contribution in [1.82, 2.24) is 15.0 Å². The average Bonchev–Trinajstić information content (AvgIpc) is 2.97. The molecular weight excluding hydrogens is 392 g/mol. The Balaban J connectivity index is 2.46. The average molecular weight is 412 g/mol. The zero-order valence-corrected chi connectivity index (χ0v) is 16.8. The Labute approximate surface area is 157 Å². The Hall–Kier alpha value is -2.53. The molecule has 2 aromatic rings. The summed E-state index contributed by atoms with van der Waals surface area (Å²) in [5.41, 5.74) is 0.915. The van der Waals surface area contributed by atoms with Crippen LogP contribution in [-0.2, 0) is 19.7 Å². The number of aliphatic imine (C=N–C) groups is 1. The summed E-state index contributed by atoms with van der Waals surface area (Å²) in [6, 6.07) is 5.04. The normalized spacial score (nSPS) is 13.4. The monoisotopic (exact) mass is 412 g/mol. The highest BCUT2D eigenvalue weighted by molar-refractivity contribution is 7.94. The fourth-order valence-corrected chi connectivity index (χ4v) is 2.67. The van der Waals surface area contributed by atoms with Crippen LogP contribution in [0.1, 0.15) is 6.92 Å². The lowest BCUT2D eigenvalue weighted by Gasteiger charge is -2.07. The van der Waals surface area contributed by atoms with E-state index in [1.165, 1.54) is 4.68 Å². The van der Waals surface area contributed by atoms with E-state index in [1.54, 1.807) is 37.3 Å². The molecule has 0 radical (unpaired) electrons. The SMILES string of the molecule is C=C(N=C(/C=C\C)n1nnc2c(OCCS(C)(=O)=O)cccc21)S(C)(=O)=O. The molecule has 0 aliphatic rings. The van der Waals surface area contributed by atoms with E-state index in [-0.39, 0.29) is 23.2 Å².